The number of nitrogens with zero attached hydrogens (tertiary/aromatic N) is 2. The first-order valence-corrected chi connectivity index (χ1v) is 6.14. The predicted molar refractivity (Wildman–Crippen MR) is 72.1 cm³/mol. The molecule has 0 saturated heterocycles. The third-order valence-corrected chi connectivity index (χ3v) is 3.11. The van der Waals surface area contributed by atoms with Crippen LogP contribution in [0.5, 0.6) is 5.88 Å². The maximum absolute atomic E-state index is 5.80. The van der Waals surface area contributed by atoms with E-state index in [0.717, 1.165) is 27.8 Å². The van der Waals surface area contributed by atoms with Crippen molar-refractivity contribution in [1.29, 1.82) is 0 Å². The van der Waals surface area contributed by atoms with Gasteiger partial charge in [0.05, 0.1) is 17.3 Å². The quantitative estimate of drug-likeness (QED) is 0.718. The Morgan fingerprint density at radius 2 is 1.95 bits per heavy atom. The van der Waals surface area contributed by atoms with E-state index in [0.29, 0.717) is 12.5 Å². The molecule has 0 saturated carbocycles. The highest BCUT2D eigenvalue weighted by Crippen LogP contribution is 2.27. The van der Waals surface area contributed by atoms with E-state index >= 15 is 0 Å². The summed E-state index contributed by atoms with van der Waals surface area (Å²) in [7, 11) is 0. The molecule has 0 fully saturated rings. The van der Waals surface area contributed by atoms with Gasteiger partial charge >= 0.3 is 0 Å². The van der Waals surface area contributed by atoms with Crippen LogP contribution in [0.2, 0.25) is 0 Å². The molecule has 96 valence electrons. The molecule has 19 heavy (non-hydrogen) atoms. The molecule has 3 rings (SSSR count). The lowest BCUT2D eigenvalue weighted by molar-refractivity contribution is 0.291. The van der Waals surface area contributed by atoms with Crippen molar-refractivity contribution in [3.8, 4) is 5.88 Å². The Kier molecular flexibility index (Phi) is 2.91. The van der Waals surface area contributed by atoms with Gasteiger partial charge in [-0.05, 0) is 19.4 Å². The Morgan fingerprint density at radius 1 is 1.16 bits per heavy atom. The van der Waals surface area contributed by atoms with Crippen molar-refractivity contribution in [2.24, 2.45) is 0 Å². The molecule has 0 unspecified atom stereocenters. The van der Waals surface area contributed by atoms with Crippen molar-refractivity contribution < 1.29 is 9.26 Å². The Bertz CT molecular complexity index is 705. The fourth-order valence-electron chi connectivity index (χ4n) is 2.04. The minimum absolute atomic E-state index is 0.505. The van der Waals surface area contributed by atoms with E-state index in [2.05, 4.69) is 10.1 Å². The molecule has 0 aliphatic carbocycles. The normalized spacial score (nSPS) is 10.8. The van der Waals surface area contributed by atoms with E-state index in [1.54, 1.807) is 6.20 Å². The van der Waals surface area contributed by atoms with Crippen molar-refractivity contribution in [2.75, 3.05) is 0 Å². The van der Waals surface area contributed by atoms with E-state index in [1.165, 1.54) is 0 Å². The highest BCUT2D eigenvalue weighted by molar-refractivity contribution is 5.82. The van der Waals surface area contributed by atoms with Gasteiger partial charge < -0.3 is 9.26 Å². The number of pyridine rings is 1. The summed E-state index contributed by atoms with van der Waals surface area (Å²) < 4.78 is 11.0. The van der Waals surface area contributed by atoms with E-state index in [-0.39, 0.29) is 0 Å². The summed E-state index contributed by atoms with van der Waals surface area (Å²) in [6.45, 7) is 4.36. The standard InChI is InChI=1S/C15H14N2O2/c1-10-13-8-16-19-14(13)11(2)17-15(10)18-9-12-6-4-3-5-7-12/h3-8H,9H2,1-2H3. The smallest absolute Gasteiger partial charge is 0.217 e. The highest BCUT2D eigenvalue weighted by Gasteiger charge is 2.13. The molecule has 0 radical (unpaired) electrons. The fourth-order valence-corrected chi connectivity index (χ4v) is 2.04. The van der Waals surface area contributed by atoms with Gasteiger partial charge in [0.1, 0.15) is 6.61 Å². The van der Waals surface area contributed by atoms with Crippen LogP contribution in [0.4, 0.5) is 0 Å². The minimum atomic E-state index is 0.505. The van der Waals surface area contributed by atoms with Crippen LogP contribution < -0.4 is 4.74 Å². The van der Waals surface area contributed by atoms with Crippen molar-refractivity contribution in [3.05, 3.63) is 53.3 Å². The Morgan fingerprint density at radius 3 is 2.74 bits per heavy atom. The molecule has 0 aliphatic heterocycles. The summed E-state index contributed by atoms with van der Waals surface area (Å²) in [5, 5.41) is 4.77. The monoisotopic (exact) mass is 254 g/mol. The third-order valence-electron chi connectivity index (χ3n) is 3.11. The van der Waals surface area contributed by atoms with Gasteiger partial charge in [-0.25, -0.2) is 4.98 Å². The molecule has 4 heteroatoms. The summed E-state index contributed by atoms with van der Waals surface area (Å²) in [5.41, 5.74) is 3.59. The number of rotatable bonds is 3. The summed E-state index contributed by atoms with van der Waals surface area (Å²) in [5.74, 6) is 0.636. The van der Waals surface area contributed by atoms with E-state index < -0.39 is 0 Å². The second-order valence-corrected chi connectivity index (χ2v) is 4.47. The molecule has 0 spiro atoms. The maximum atomic E-state index is 5.80. The number of aryl methyl sites for hydroxylation is 2. The lowest BCUT2D eigenvalue weighted by Crippen LogP contribution is -2.00. The molecule has 1 aromatic carbocycles. The summed E-state index contributed by atoms with van der Waals surface area (Å²) >= 11 is 0. The average molecular weight is 254 g/mol. The van der Waals surface area contributed by atoms with Crippen LogP contribution in [-0.2, 0) is 6.61 Å². The van der Waals surface area contributed by atoms with Crippen molar-refractivity contribution in [2.45, 2.75) is 20.5 Å². The lowest BCUT2D eigenvalue weighted by Gasteiger charge is -2.09. The highest BCUT2D eigenvalue weighted by atomic mass is 16.5. The van der Waals surface area contributed by atoms with Crippen LogP contribution in [0.1, 0.15) is 16.8 Å². The van der Waals surface area contributed by atoms with Crippen molar-refractivity contribution in [1.82, 2.24) is 10.1 Å². The fraction of sp³-hybridized carbons (Fsp3) is 0.200. The second-order valence-electron chi connectivity index (χ2n) is 4.47. The van der Waals surface area contributed by atoms with Crippen LogP contribution in [0.3, 0.4) is 0 Å². The molecule has 0 atom stereocenters. The van der Waals surface area contributed by atoms with Crippen LogP contribution in [0, 0.1) is 13.8 Å². The van der Waals surface area contributed by atoms with Gasteiger partial charge in [-0.15, -0.1) is 0 Å². The summed E-state index contributed by atoms with van der Waals surface area (Å²) in [4.78, 5) is 4.43. The van der Waals surface area contributed by atoms with Gasteiger partial charge in [0.2, 0.25) is 5.88 Å². The second kappa shape index (κ2) is 4.72. The molecule has 3 aromatic rings. The lowest BCUT2D eigenvalue weighted by atomic mass is 10.2. The van der Waals surface area contributed by atoms with Gasteiger partial charge in [-0.3, -0.25) is 0 Å². The minimum Gasteiger partial charge on any atom is -0.473 e. The Labute approximate surface area is 111 Å². The summed E-state index contributed by atoms with van der Waals surface area (Å²) in [6.07, 6.45) is 1.70. The van der Waals surface area contributed by atoms with Crippen LogP contribution >= 0.6 is 0 Å². The third kappa shape index (κ3) is 2.17. The Balaban J connectivity index is 1.91. The number of benzene rings is 1. The van der Waals surface area contributed by atoms with Gasteiger partial charge in [0.25, 0.3) is 0 Å². The maximum Gasteiger partial charge on any atom is 0.217 e. The number of fused-ring (bicyclic) bond motifs is 1. The molecule has 0 amide bonds. The zero-order valence-corrected chi connectivity index (χ0v) is 10.9. The largest absolute Gasteiger partial charge is 0.473 e. The first kappa shape index (κ1) is 11.7. The molecular formula is C15H14N2O2. The molecular weight excluding hydrogens is 240 g/mol. The van der Waals surface area contributed by atoms with E-state index in [1.807, 2.05) is 44.2 Å². The molecule has 0 aliphatic rings. The van der Waals surface area contributed by atoms with Crippen molar-refractivity contribution in [3.63, 3.8) is 0 Å². The van der Waals surface area contributed by atoms with Gasteiger partial charge in [-0.1, -0.05) is 35.5 Å². The van der Waals surface area contributed by atoms with Crippen molar-refractivity contribution >= 4 is 11.0 Å². The van der Waals surface area contributed by atoms with Gasteiger partial charge in [0, 0.05) is 5.56 Å². The Hall–Kier alpha value is -2.36. The molecule has 4 nitrogen and oxygen atoms in total. The predicted octanol–water partition coefficient (Wildman–Crippen LogP) is 3.42. The van der Waals surface area contributed by atoms with Gasteiger partial charge in [-0.2, -0.15) is 0 Å². The van der Waals surface area contributed by atoms with Crippen LogP contribution in [-0.4, -0.2) is 10.1 Å². The first-order chi connectivity index (χ1) is 9.25. The zero-order valence-electron chi connectivity index (χ0n) is 10.9. The van der Waals surface area contributed by atoms with Crippen LogP contribution in [0.15, 0.2) is 41.1 Å². The molecule has 0 bridgehead atoms. The summed E-state index contributed by atoms with van der Waals surface area (Å²) in [6, 6.07) is 10.0. The topological polar surface area (TPSA) is 48.2 Å². The average Bonchev–Trinajstić information content (AvgIpc) is 2.92. The van der Waals surface area contributed by atoms with E-state index in [9.17, 15) is 0 Å². The number of hydrogen-bond donors (Lipinski definition) is 0. The van der Waals surface area contributed by atoms with E-state index in [4.69, 9.17) is 9.26 Å². The first-order valence-electron chi connectivity index (χ1n) is 6.14. The molecule has 2 heterocycles. The number of aromatic nitrogens is 2. The molecule has 2 aromatic heterocycles. The SMILES string of the molecule is Cc1c(OCc2ccccc2)nc(C)c2oncc12. The number of hydrogen-bond acceptors (Lipinski definition) is 4. The zero-order chi connectivity index (χ0) is 13.2. The van der Waals surface area contributed by atoms with Crippen LogP contribution in [0.25, 0.3) is 11.0 Å². The number of ether oxygens (including phenoxy) is 1. The van der Waals surface area contributed by atoms with Gasteiger partial charge in [0.15, 0.2) is 5.58 Å². The molecule has 0 N–H and O–H groups in total.